The lowest BCUT2D eigenvalue weighted by molar-refractivity contribution is -0.142. The summed E-state index contributed by atoms with van der Waals surface area (Å²) in [5.74, 6) is -2.90. The van der Waals surface area contributed by atoms with Gasteiger partial charge in [-0.15, -0.1) is 0 Å². The van der Waals surface area contributed by atoms with Gasteiger partial charge in [0.2, 0.25) is 0 Å². The van der Waals surface area contributed by atoms with Crippen LogP contribution in [-0.2, 0) is 11.2 Å². The Kier molecular flexibility index (Phi) is 5.89. The Morgan fingerprint density at radius 2 is 1.95 bits per heavy atom. The number of benzene rings is 1. The van der Waals surface area contributed by atoms with Gasteiger partial charge in [-0.05, 0) is 30.9 Å². The number of hydrogen-bond acceptors (Lipinski definition) is 2. The molecule has 3 nitrogen and oxygen atoms in total. The summed E-state index contributed by atoms with van der Waals surface area (Å²) in [5.41, 5.74) is 5.42. The molecule has 3 N–H and O–H groups in total. The highest BCUT2D eigenvalue weighted by molar-refractivity contribution is 5.70. The van der Waals surface area contributed by atoms with Gasteiger partial charge in [-0.25, -0.2) is 8.78 Å². The molecule has 0 saturated heterocycles. The number of halogens is 2. The molecule has 1 rings (SSSR count). The summed E-state index contributed by atoms with van der Waals surface area (Å²) < 4.78 is 27.1. The zero-order chi connectivity index (χ0) is 14.4. The maximum atomic E-state index is 13.5. The Balaban J connectivity index is 2.79. The normalized spacial score (nSPS) is 14.1. The molecule has 0 aliphatic heterocycles. The third-order valence-electron chi connectivity index (χ3n) is 3.38. The van der Waals surface area contributed by atoms with Crippen LogP contribution in [0.5, 0.6) is 0 Å². The Morgan fingerprint density at radius 1 is 1.37 bits per heavy atom. The fourth-order valence-electron chi connectivity index (χ4n) is 2.11. The highest BCUT2D eigenvalue weighted by Gasteiger charge is 2.22. The number of aliphatic carboxylic acids is 1. The lowest BCUT2D eigenvalue weighted by Crippen LogP contribution is -2.26. The second-order valence-electron chi connectivity index (χ2n) is 4.69. The molecule has 0 bridgehead atoms. The van der Waals surface area contributed by atoms with Crippen molar-refractivity contribution in [1.82, 2.24) is 0 Å². The molecule has 2 atom stereocenters. The number of nitrogens with two attached hydrogens (primary N) is 1. The van der Waals surface area contributed by atoms with E-state index in [2.05, 4.69) is 0 Å². The molecule has 19 heavy (non-hydrogen) atoms. The van der Waals surface area contributed by atoms with Crippen molar-refractivity contribution < 1.29 is 18.7 Å². The minimum absolute atomic E-state index is 0.0236. The van der Waals surface area contributed by atoms with Crippen molar-refractivity contribution >= 4 is 5.97 Å². The summed E-state index contributed by atoms with van der Waals surface area (Å²) in [6, 6.07) is 3.74. The highest BCUT2D eigenvalue weighted by atomic mass is 19.1. The van der Waals surface area contributed by atoms with E-state index in [1.807, 2.05) is 6.92 Å². The van der Waals surface area contributed by atoms with Crippen molar-refractivity contribution in [2.75, 3.05) is 6.54 Å². The van der Waals surface area contributed by atoms with Gasteiger partial charge < -0.3 is 10.8 Å². The SMILES string of the molecule is CCC(Cc1c(F)cccc1F)CC(CN)C(=O)O. The standard InChI is InChI=1S/C14H19F2NO2/c1-2-9(6-10(8-17)14(18)19)7-11-12(15)4-3-5-13(11)16/h3-5,9-10H,2,6-8,17H2,1H3,(H,18,19). The fraction of sp³-hybridized carbons (Fsp3) is 0.500. The minimum atomic E-state index is -0.963. The molecular weight excluding hydrogens is 252 g/mol. The predicted octanol–water partition coefficient (Wildman–Crippen LogP) is 2.58. The van der Waals surface area contributed by atoms with E-state index < -0.39 is 23.5 Å². The fourth-order valence-corrected chi connectivity index (χ4v) is 2.11. The largest absolute Gasteiger partial charge is 0.481 e. The van der Waals surface area contributed by atoms with Gasteiger partial charge in [0, 0.05) is 12.1 Å². The van der Waals surface area contributed by atoms with Crippen LogP contribution in [0.3, 0.4) is 0 Å². The Hall–Kier alpha value is -1.49. The van der Waals surface area contributed by atoms with Crippen LogP contribution in [0.2, 0.25) is 0 Å². The molecule has 5 heteroatoms. The molecule has 0 aromatic heterocycles. The van der Waals surface area contributed by atoms with E-state index in [0.29, 0.717) is 12.8 Å². The molecule has 0 aliphatic rings. The first-order valence-corrected chi connectivity index (χ1v) is 6.35. The third kappa shape index (κ3) is 4.28. The van der Waals surface area contributed by atoms with E-state index in [0.717, 1.165) is 0 Å². The summed E-state index contributed by atoms with van der Waals surface area (Å²) in [6.07, 6.45) is 1.17. The summed E-state index contributed by atoms with van der Waals surface area (Å²) in [5, 5.41) is 8.96. The molecule has 0 heterocycles. The average molecular weight is 271 g/mol. The molecule has 0 spiro atoms. The van der Waals surface area contributed by atoms with E-state index in [4.69, 9.17) is 10.8 Å². The Labute approximate surface area is 111 Å². The number of hydrogen-bond donors (Lipinski definition) is 2. The van der Waals surface area contributed by atoms with Crippen LogP contribution >= 0.6 is 0 Å². The quantitative estimate of drug-likeness (QED) is 0.801. The van der Waals surface area contributed by atoms with Crippen LogP contribution in [-0.4, -0.2) is 17.6 Å². The van der Waals surface area contributed by atoms with Gasteiger partial charge in [-0.3, -0.25) is 4.79 Å². The summed E-state index contributed by atoms with van der Waals surface area (Å²) >= 11 is 0. The van der Waals surface area contributed by atoms with Crippen LogP contribution < -0.4 is 5.73 Å². The van der Waals surface area contributed by atoms with Crippen LogP contribution in [0.1, 0.15) is 25.3 Å². The molecule has 0 aliphatic carbocycles. The maximum absolute atomic E-state index is 13.5. The van der Waals surface area contributed by atoms with Gasteiger partial charge in [0.15, 0.2) is 0 Å². The van der Waals surface area contributed by atoms with Crippen LogP contribution in [0.25, 0.3) is 0 Å². The molecule has 0 radical (unpaired) electrons. The van der Waals surface area contributed by atoms with Crippen molar-refractivity contribution in [3.05, 3.63) is 35.4 Å². The molecule has 2 unspecified atom stereocenters. The molecule has 0 amide bonds. The molecular formula is C14H19F2NO2. The van der Waals surface area contributed by atoms with E-state index in [9.17, 15) is 13.6 Å². The van der Waals surface area contributed by atoms with Gasteiger partial charge >= 0.3 is 5.97 Å². The summed E-state index contributed by atoms with van der Waals surface area (Å²) in [4.78, 5) is 10.9. The zero-order valence-corrected chi connectivity index (χ0v) is 10.9. The van der Waals surface area contributed by atoms with E-state index in [1.165, 1.54) is 18.2 Å². The van der Waals surface area contributed by atoms with Crippen molar-refractivity contribution in [2.24, 2.45) is 17.6 Å². The molecule has 1 aromatic carbocycles. The molecule has 106 valence electrons. The van der Waals surface area contributed by atoms with Gasteiger partial charge in [0.05, 0.1) is 5.92 Å². The average Bonchev–Trinajstić information content (AvgIpc) is 2.37. The summed E-state index contributed by atoms with van der Waals surface area (Å²) in [6.45, 7) is 1.91. The van der Waals surface area contributed by atoms with Crippen LogP contribution in [0.15, 0.2) is 18.2 Å². The van der Waals surface area contributed by atoms with Gasteiger partial charge in [-0.1, -0.05) is 19.4 Å². The Bertz CT molecular complexity index is 417. The van der Waals surface area contributed by atoms with Crippen molar-refractivity contribution in [3.63, 3.8) is 0 Å². The second-order valence-corrected chi connectivity index (χ2v) is 4.69. The first-order valence-electron chi connectivity index (χ1n) is 6.35. The van der Waals surface area contributed by atoms with E-state index >= 15 is 0 Å². The van der Waals surface area contributed by atoms with Crippen molar-refractivity contribution in [3.8, 4) is 0 Å². The second kappa shape index (κ2) is 7.19. The maximum Gasteiger partial charge on any atom is 0.307 e. The monoisotopic (exact) mass is 271 g/mol. The van der Waals surface area contributed by atoms with Crippen molar-refractivity contribution in [1.29, 1.82) is 0 Å². The highest BCUT2D eigenvalue weighted by Crippen LogP contribution is 2.23. The Morgan fingerprint density at radius 3 is 2.37 bits per heavy atom. The van der Waals surface area contributed by atoms with E-state index in [1.54, 1.807) is 0 Å². The van der Waals surface area contributed by atoms with Crippen molar-refractivity contribution in [2.45, 2.75) is 26.2 Å². The first-order chi connectivity index (χ1) is 8.99. The minimum Gasteiger partial charge on any atom is -0.481 e. The topological polar surface area (TPSA) is 63.3 Å². The lowest BCUT2D eigenvalue weighted by atomic mass is 9.87. The molecule has 0 fully saturated rings. The lowest BCUT2D eigenvalue weighted by Gasteiger charge is -2.19. The number of carboxylic acids is 1. The smallest absolute Gasteiger partial charge is 0.307 e. The van der Waals surface area contributed by atoms with Crippen LogP contribution in [0, 0.1) is 23.5 Å². The van der Waals surface area contributed by atoms with Gasteiger partial charge in [0.25, 0.3) is 0 Å². The summed E-state index contributed by atoms with van der Waals surface area (Å²) in [7, 11) is 0. The number of carbonyl (C=O) groups is 1. The molecule has 1 aromatic rings. The first kappa shape index (κ1) is 15.6. The van der Waals surface area contributed by atoms with Gasteiger partial charge in [-0.2, -0.15) is 0 Å². The number of carboxylic acid groups (broad SMARTS) is 1. The number of rotatable bonds is 7. The van der Waals surface area contributed by atoms with Gasteiger partial charge in [0.1, 0.15) is 11.6 Å². The van der Waals surface area contributed by atoms with E-state index in [-0.39, 0.29) is 24.4 Å². The predicted molar refractivity (Wildman–Crippen MR) is 68.6 cm³/mol. The molecule has 0 saturated carbocycles. The third-order valence-corrected chi connectivity index (χ3v) is 3.38. The zero-order valence-electron chi connectivity index (χ0n) is 10.9. The van der Waals surface area contributed by atoms with Crippen LogP contribution in [0.4, 0.5) is 8.78 Å².